The molecule has 1 amide bonds. The van der Waals surface area contributed by atoms with E-state index in [2.05, 4.69) is 25.2 Å². The second-order valence-electron chi connectivity index (χ2n) is 7.40. The van der Waals surface area contributed by atoms with Crippen LogP contribution in [0.2, 0.25) is 0 Å². The maximum atomic E-state index is 13.1. The molecule has 0 radical (unpaired) electrons. The van der Waals surface area contributed by atoms with Gasteiger partial charge < -0.3 is 20.9 Å². The number of nitrogens with two attached hydrogens (primary N) is 1. The van der Waals surface area contributed by atoms with Crippen LogP contribution in [0, 0.1) is 6.92 Å². The molecule has 28 heavy (non-hydrogen) atoms. The van der Waals surface area contributed by atoms with E-state index in [0.29, 0.717) is 30.6 Å². The Kier molecular flexibility index (Phi) is 4.72. The van der Waals surface area contributed by atoms with Crippen LogP contribution in [0.15, 0.2) is 36.8 Å². The Hall–Kier alpha value is -3.00. The van der Waals surface area contributed by atoms with Gasteiger partial charge >= 0.3 is 0 Å². The van der Waals surface area contributed by atoms with E-state index in [1.54, 1.807) is 30.6 Å². The fraction of sp³-hybridized carbons (Fsp3) is 0.350. The number of hydrogen-bond donors (Lipinski definition) is 3. The maximum Gasteiger partial charge on any atom is 0.251 e. The zero-order valence-electron chi connectivity index (χ0n) is 15.7. The topological polar surface area (TPSA) is 99.9 Å². The Bertz CT molecular complexity index is 1020. The number of rotatable bonds is 5. The molecule has 4 rings (SSSR count). The Morgan fingerprint density at radius 1 is 1.39 bits per heavy atom. The van der Waals surface area contributed by atoms with Crippen LogP contribution in [0.1, 0.15) is 27.9 Å². The van der Waals surface area contributed by atoms with Gasteiger partial charge in [-0.1, -0.05) is 18.2 Å². The number of aromatic amines is 1. The van der Waals surface area contributed by atoms with E-state index >= 15 is 0 Å². The second-order valence-corrected chi connectivity index (χ2v) is 7.40. The van der Waals surface area contributed by atoms with E-state index in [0.717, 1.165) is 29.0 Å². The first kappa shape index (κ1) is 18.4. The molecule has 1 atom stereocenters. The fourth-order valence-corrected chi connectivity index (χ4v) is 3.77. The average molecular weight is 382 g/mol. The Balaban J connectivity index is 1.47. The lowest BCUT2D eigenvalue weighted by Crippen LogP contribution is -2.52. The molecule has 1 fully saturated rings. The van der Waals surface area contributed by atoms with Crippen LogP contribution < -0.4 is 16.0 Å². The minimum atomic E-state index is -0.676. The maximum absolute atomic E-state index is 13.1. The van der Waals surface area contributed by atoms with Crippen LogP contribution in [0.3, 0.4) is 0 Å². The van der Waals surface area contributed by atoms with E-state index in [1.165, 1.54) is 0 Å². The van der Waals surface area contributed by atoms with E-state index in [9.17, 15) is 9.18 Å². The van der Waals surface area contributed by atoms with Gasteiger partial charge in [0.2, 0.25) is 0 Å². The van der Waals surface area contributed by atoms with Crippen molar-refractivity contribution in [2.75, 3.05) is 24.5 Å². The number of anilines is 1. The van der Waals surface area contributed by atoms with Crippen LogP contribution >= 0.6 is 0 Å². The number of aromatic nitrogens is 3. The molecule has 1 aliphatic rings. The van der Waals surface area contributed by atoms with Gasteiger partial charge in [0.25, 0.3) is 5.91 Å². The molecule has 1 unspecified atom stereocenters. The van der Waals surface area contributed by atoms with Crippen molar-refractivity contribution in [1.29, 1.82) is 0 Å². The number of amides is 1. The number of nitrogens with zero attached hydrogens (tertiary/aromatic N) is 3. The van der Waals surface area contributed by atoms with Gasteiger partial charge in [-0.2, -0.15) is 0 Å². The molecule has 0 aliphatic carbocycles. The van der Waals surface area contributed by atoms with Gasteiger partial charge in [-0.25, -0.2) is 14.4 Å². The largest absolute Gasteiger partial charge is 0.354 e. The number of carbonyl (C=O) groups excluding carboxylic acids is 1. The summed E-state index contributed by atoms with van der Waals surface area (Å²) in [5.74, 6) is 0.549. The molecule has 3 heterocycles. The number of hydrogen-bond acceptors (Lipinski definition) is 5. The summed E-state index contributed by atoms with van der Waals surface area (Å²) in [5.41, 5.74) is 8.59. The first-order valence-corrected chi connectivity index (χ1v) is 9.25. The molecule has 0 spiro atoms. The summed E-state index contributed by atoms with van der Waals surface area (Å²) < 4.78 is 13.1. The van der Waals surface area contributed by atoms with Crippen molar-refractivity contribution in [1.82, 2.24) is 20.3 Å². The molecule has 1 aliphatic heterocycles. The number of benzene rings is 1. The SMILES string of the molecule is Cc1c[nH]c2ncnc(N3CCC(N)(CNC(=O)c4ccccc4CF)C3)c12. The highest BCUT2D eigenvalue weighted by atomic mass is 19.1. The summed E-state index contributed by atoms with van der Waals surface area (Å²) in [6.45, 7) is 2.95. The Labute approximate surface area is 162 Å². The van der Waals surface area contributed by atoms with E-state index in [1.807, 2.05) is 13.1 Å². The summed E-state index contributed by atoms with van der Waals surface area (Å²) in [6, 6.07) is 6.68. The third-order valence-electron chi connectivity index (χ3n) is 5.34. The molecule has 3 aromatic rings. The van der Waals surface area contributed by atoms with Gasteiger partial charge in [-0.3, -0.25) is 4.79 Å². The third-order valence-corrected chi connectivity index (χ3v) is 5.34. The highest BCUT2D eigenvalue weighted by molar-refractivity contribution is 5.95. The van der Waals surface area contributed by atoms with Crippen molar-refractivity contribution in [3.63, 3.8) is 0 Å². The standard InChI is InChI=1S/C20H23FN6O/c1-13-9-23-17-16(13)18(26-12-25-17)27-7-6-20(22,11-27)10-24-19(28)15-5-3-2-4-14(15)8-21/h2-5,9,12H,6-8,10-11,22H2,1H3,(H,24,28)(H,23,25,26). The normalized spacial score (nSPS) is 19.3. The number of carbonyl (C=O) groups is 1. The lowest BCUT2D eigenvalue weighted by molar-refractivity contribution is 0.0943. The van der Waals surface area contributed by atoms with Crippen LogP contribution in [-0.4, -0.2) is 46.0 Å². The van der Waals surface area contributed by atoms with Gasteiger partial charge in [-0.05, 0) is 30.5 Å². The molecule has 7 nitrogen and oxygen atoms in total. The zero-order valence-corrected chi connectivity index (χ0v) is 15.7. The first-order chi connectivity index (χ1) is 13.5. The molecule has 2 aromatic heterocycles. The van der Waals surface area contributed by atoms with Crippen molar-refractivity contribution in [3.8, 4) is 0 Å². The van der Waals surface area contributed by atoms with Crippen molar-refractivity contribution in [2.45, 2.75) is 25.6 Å². The van der Waals surface area contributed by atoms with Crippen LogP contribution in [-0.2, 0) is 6.67 Å². The first-order valence-electron chi connectivity index (χ1n) is 9.25. The average Bonchev–Trinajstić information content (AvgIpc) is 3.30. The molecule has 4 N–H and O–H groups in total. The monoisotopic (exact) mass is 382 g/mol. The van der Waals surface area contributed by atoms with E-state index < -0.39 is 12.2 Å². The second kappa shape index (κ2) is 7.20. The number of H-pyrrole nitrogens is 1. The molecular weight excluding hydrogens is 359 g/mol. The number of nitrogens with one attached hydrogen (secondary N) is 2. The van der Waals surface area contributed by atoms with Gasteiger partial charge in [0, 0.05) is 31.4 Å². The molecule has 1 aromatic carbocycles. The number of alkyl halides is 1. The van der Waals surface area contributed by atoms with E-state index in [-0.39, 0.29) is 5.91 Å². The molecule has 0 saturated carbocycles. The lowest BCUT2D eigenvalue weighted by Gasteiger charge is -2.26. The van der Waals surface area contributed by atoms with Crippen LogP contribution in [0.4, 0.5) is 10.2 Å². The predicted molar refractivity (Wildman–Crippen MR) is 106 cm³/mol. The van der Waals surface area contributed by atoms with Crippen molar-refractivity contribution < 1.29 is 9.18 Å². The van der Waals surface area contributed by atoms with Crippen molar-refractivity contribution in [3.05, 3.63) is 53.5 Å². The third kappa shape index (κ3) is 3.31. The van der Waals surface area contributed by atoms with Gasteiger partial charge in [0.05, 0.1) is 10.9 Å². The highest BCUT2D eigenvalue weighted by Gasteiger charge is 2.36. The van der Waals surface area contributed by atoms with Crippen molar-refractivity contribution >= 4 is 22.8 Å². The fourth-order valence-electron chi connectivity index (χ4n) is 3.77. The highest BCUT2D eigenvalue weighted by Crippen LogP contribution is 2.30. The summed E-state index contributed by atoms with van der Waals surface area (Å²) >= 11 is 0. The molecule has 146 valence electrons. The van der Waals surface area contributed by atoms with Crippen LogP contribution in [0.5, 0.6) is 0 Å². The van der Waals surface area contributed by atoms with Gasteiger partial charge in [0.15, 0.2) is 0 Å². The number of fused-ring (bicyclic) bond motifs is 1. The van der Waals surface area contributed by atoms with Crippen molar-refractivity contribution in [2.24, 2.45) is 5.73 Å². The minimum Gasteiger partial charge on any atom is -0.354 e. The van der Waals surface area contributed by atoms with Gasteiger partial charge in [0.1, 0.15) is 24.5 Å². The molecule has 8 heteroatoms. The molecule has 1 saturated heterocycles. The van der Waals surface area contributed by atoms with Crippen LogP contribution in [0.25, 0.3) is 11.0 Å². The minimum absolute atomic E-state index is 0.303. The Morgan fingerprint density at radius 3 is 3.04 bits per heavy atom. The number of halogens is 1. The smallest absolute Gasteiger partial charge is 0.251 e. The predicted octanol–water partition coefficient (Wildman–Crippen LogP) is 2.07. The summed E-state index contributed by atoms with van der Waals surface area (Å²) in [4.78, 5) is 26.5. The zero-order chi connectivity index (χ0) is 19.7. The molecule has 0 bridgehead atoms. The summed E-state index contributed by atoms with van der Waals surface area (Å²) in [6.07, 6.45) is 4.17. The van der Waals surface area contributed by atoms with Gasteiger partial charge in [-0.15, -0.1) is 0 Å². The van der Waals surface area contributed by atoms with E-state index in [4.69, 9.17) is 5.73 Å². The molecular formula is C20H23FN6O. The lowest BCUT2D eigenvalue weighted by atomic mass is 10.00. The number of aryl methyl sites for hydroxylation is 1. The quantitative estimate of drug-likeness (QED) is 0.627. The summed E-state index contributed by atoms with van der Waals surface area (Å²) in [5, 5.41) is 3.87. The summed E-state index contributed by atoms with van der Waals surface area (Å²) in [7, 11) is 0. The Morgan fingerprint density at radius 2 is 2.21 bits per heavy atom.